The first kappa shape index (κ1) is 13.1. The van der Waals surface area contributed by atoms with Gasteiger partial charge >= 0.3 is 0 Å². The van der Waals surface area contributed by atoms with Crippen LogP contribution in [0.3, 0.4) is 0 Å². The molecule has 0 amide bonds. The molecule has 20 heavy (non-hydrogen) atoms. The highest BCUT2D eigenvalue weighted by Crippen LogP contribution is 2.27. The molecule has 0 radical (unpaired) electrons. The van der Waals surface area contributed by atoms with Crippen molar-refractivity contribution in [3.63, 3.8) is 0 Å². The molecule has 1 aliphatic heterocycles. The summed E-state index contributed by atoms with van der Waals surface area (Å²) in [6.07, 6.45) is 2.88. The molecule has 0 spiro atoms. The highest BCUT2D eigenvalue weighted by molar-refractivity contribution is 5.39. The predicted octanol–water partition coefficient (Wildman–Crippen LogP) is 3.21. The number of benzene rings is 1. The zero-order valence-corrected chi connectivity index (χ0v) is 12.0. The number of pyridine rings is 1. The van der Waals surface area contributed by atoms with Crippen LogP contribution in [-0.2, 0) is 13.0 Å². The Morgan fingerprint density at radius 3 is 3.00 bits per heavy atom. The number of aromatic nitrogens is 1. The van der Waals surface area contributed by atoms with Crippen molar-refractivity contribution in [3.8, 4) is 5.75 Å². The molecule has 0 N–H and O–H groups in total. The third kappa shape index (κ3) is 2.68. The lowest BCUT2D eigenvalue weighted by atomic mass is 10.1. The molecule has 104 valence electrons. The van der Waals surface area contributed by atoms with Crippen LogP contribution in [0.2, 0.25) is 0 Å². The van der Waals surface area contributed by atoms with Gasteiger partial charge in [-0.25, -0.2) is 0 Å². The normalized spacial score (nSPS) is 14.9. The first-order valence-electron chi connectivity index (χ1n) is 7.10. The second-order valence-corrected chi connectivity index (χ2v) is 5.39. The van der Waals surface area contributed by atoms with Gasteiger partial charge in [0.2, 0.25) is 0 Å². The van der Waals surface area contributed by atoms with Gasteiger partial charge in [0.1, 0.15) is 5.75 Å². The Morgan fingerprint density at radius 1 is 1.30 bits per heavy atom. The van der Waals surface area contributed by atoms with Crippen molar-refractivity contribution in [2.24, 2.45) is 0 Å². The van der Waals surface area contributed by atoms with Gasteiger partial charge in [0.25, 0.3) is 0 Å². The maximum atomic E-state index is 5.55. The maximum absolute atomic E-state index is 5.55. The van der Waals surface area contributed by atoms with Crippen molar-refractivity contribution in [3.05, 3.63) is 59.4 Å². The molecular formula is C17H20N2O. The van der Waals surface area contributed by atoms with E-state index in [1.54, 1.807) is 0 Å². The maximum Gasteiger partial charge on any atom is 0.122 e. The monoisotopic (exact) mass is 268 g/mol. The highest BCUT2D eigenvalue weighted by atomic mass is 16.5. The van der Waals surface area contributed by atoms with Crippen LogP contribution in [0, 0.1) is 0 Å². The quantitative estimate of drug-likeness (QED) is 0.851. The second-order valence-electron chi connectivity index (χ2n) is 5.39. The summed E-state index contributed by atoms with van der Waals surface area (Å²) in [5.74, 6) is 1.05. The summed E-state index contributed by atoms with van der Waals surface area (Å²) in [5, 5.41) is 0. The largest absolute Gasteiger partial charge is 0.493 e. The Hall–Kier alpha value is -1.87. The molecule has 0 aliphatic carbocycles. The predicted molar refractivity (Wildman–Crippen MR) is 79.8 cm³/mol. The van der Waals surface area contributed by atoms with Crippen LogP contribution in [0.5, 0.6) is 5.75 Å². The minimum atomic E-state index is 0.306. The Labute approximate surface area is 120 Å². The number of ether oxygens (including phenoxy) is 1. The van der Waals surface area contributed by atoms with E-state index in [9.17, 15) is 0 Å². The van der Waals surface area contributed by atoms with Crippen molar-refractivity contribution in [2.45, 2.75) is 25.9 Å². The molecule has 1 atom stereocenters. The van der Waals surface area contributed by atoms with Crippen molar-refractivity contribution in [2.75, 3.05) is 13.7 Å². The number of nitrogens with zero attached hydrogens (tertiary/aromatic N) is 2. The van der Waals surface area contributed by atoms with E-state index in [2.05, 4.69) is 48.1 Å². The van der Waals surface area contributed by atoms with Gasteiger partial charge in [0.15, 0.2) is 0 Å². The Morgan fingerprint density at radius 2 is 2.20 bits per heavy atom. The summed E-state index contributed by atoms with van der Waals surface area (Å²) in [5.41, 5.74) is 3.78. The number of hydrogen-bond donors (Lipinski definition) is 0. The fraction of sp³-hybridized carbons (Fsp3) is 0.353. The van der Waals surface area contributed by atoms with Crippen LogP contribution in [0.4, 0.5) is 0 Å². The topological polar surface area (TPSA) is 25.4 Å². The van der Waals surface area contributed by atoms with E-state index in [1.165, 1.54) is 11.1 Å². The average molecular weight is 268 g/mol. The third-order valence-corrected chi connectivity index (χ3v) is 3.96. The number of rotatable bonds is 4. The van der Waals surface area contributed by atoms with E-state index in [0.29, 0.717) is 6.04 Å². The van der Waals surface area contributed by atoms with Crippen LogP contribution >= 0.6 is 0 Å². The summed E-state index contributed by atoms with van der Waals surface area (Å²) in [4.78, 5) is 6.76. The van der Waals surface area contributed by atoms with Gasteiger partial charge in [0.05, 0.1) is 12.3 Å². The second kappa shape index (κ2) is 5.63. The van der Waals surface area contributed by atoms with Crippen LogP contribution in [0.1, 0.15) is 29.8 Å². The Balaban J connectivity index is 1.71. The number of hydrogen-bond acceptors (Lipinski definition) is 3. The Bertz CT molecular complexity index is 583. The third-order valence-electron chi connectivity index (χ3n) is 3.96. The number of fused-ring (bicyclic) bond motifs is 1. The summed E-state index contributed by atoms with van der Waals surface area (Å²) in [6.45, 7) is 3.93. The molecule has 1 aliphatic rings. The molecule has 0 unspecified atom stereocenters. The zero-order valence-electron chi connectivity index (χ0n) is 12.0. The van der Waals surface area contributed by atoms with Crippen LogP contribution in [0.25, 0.3) is 0 Å². The minimum absolute atomic E-state index is 0.306. The molecule has 3 rings (SSSR count). The van der Waals surface area contributed by atoms with E-state index in [0.717, 1.165) is 31.0 Å². The lowest BCUT2D eigenvalue weighted by Gasteiger charge is -2.24. The molecular weight excluding hydrogens is 248 g/mol. The lowest BCUT2D eigenvalue weighted by molar-refractivity contribution is 0.248. The molecule has 0 fully saturated rings. The van der Waals surface area contributed by atoms with Crippen LogP contribution < -0.4 is 4.74 Å². The van der Waals surface area contributed by atoms with Gasteiger partial charge in [-0.2, -0.15) is 0 Å². The fourth-order valence-electron chi connectivity index (χ4n) is 2.61. The lowest BCUT2D eigenvalue weighted by Crippen LogP contribution is -2.22. The van der Waals surface area contributed by atoms with Crippen LogP contribution in [-0.4, -0.2) is 23.5 Å². The Kier molecular flexibility index (Phi) is 3.70. The van der Waals surface area contributed by atoms with Gasteiger partial charge < -0.3 is 4.74 Å². The minimum Gasteiger partial charge on any atom is -0.493 e. The highest BCUT2D eigenvalue weighted by Gasteiger charge is 2.15. The molecule has 1 aromatic heterocycles. The average Bonchev–Trinajstić information content (AvgIpc) is 2.95. The van der Waals surface area contributed by atoms with E-state index < -0.39 is 0 Å². The summed E-state index contributed by atoms with van der Waals surface area (Å²) in [7, 11) is 2.14. The first-order chi connectivity index (χ1) is 9.74. The molecule has 3 heteroatoms. The van der Waals surface area contributed by atoms with Crippen molar-refractivity contribution in [1.29, 1.82) is 0 Å². The standard InChI is InChI=1S/C17H20N2O/c1-13(16-5-3-4-9-18-16)19(2)12-14-6-7-17-15(11-14)8-10-20-17/h3-7,9,11,13H,8,10,12H2,1-2H3/t13-/m0/s1. The van der Waals surface area contributed by atoms with Gasteiger partial charge in [0, 0.05) is 25.2 Å². The molecule has 2 aromatic rings. The van der Waals surface area contributed by atoms with Crippen molar-refractivity contribution in [1.82, 2.24) is 9.88 Å². The van der Waals surface area contributed by atoms with Gasteiger partial charge in [-0.1, -0.05) is 18.2 Å². The molecule has 0 bridgehead atoms. The van der Waals surface area contributed by atoms with Crippen LogP contribution in [0.15, 0.2) is 42.6 Å². The smallest absolute Gasteiger partial charge is 0.122 e. The summed E-state index contributed by atoms with van der Waals surface area (Å²) < 4.78 is 5.55. The zero-order chi connectivity index (χ0) is 13.9. The SMILES string of the molecule is C[C@@H](c1ccccn1)N(C)Cc1ccc2c(c1)CCO2. The molecule has 0 saturated heterocycles. The molecule has 3 nitrogen and oxygen atoms in total. The summed E-state index contributed by atoms with van der Waals surface area (Å²) >= 11 is 0. The molecule has 0 saturated carbocycles. The fourth-order valence-corrected chi connectivity index (χ4v) is 2.61. The van der Waals surface area contributed by atoms with Crippen molar-refractivity contribution < 1.29 is 4.74 Å². The van der Waals surface area contributed by atoms with E-state index in [1.807, 2.05) is 18.3 Å². The molecule has 1 aromatic carbocycles. The van der Waals surface area contributed by atoms with E-state index in [4.69, 9.17) is 4.74 Å². The van der Waals surface area contributed by atoms with E-state index in [-0.39, 0.29) is 0 Å². The van der Waals surface area contributed by atoms with E-state index >= 15 is 0 Å². The van der Waals surface area contributed by atoms with Crippen molar-refractivity contribution >= 4 is 0 Å². The van der Waals surface area contributed by atoms with Gasteiger partial charge in [-0.05, 0) is 43.3 Å². The first-order valence-corrected chi connectivity index (χ1v) is 7.10. The van der Waals surface area contributed by atoms with Gasteiger partial charge in [-0.15, -0.1) is 0 Å². The molecule has 2 heterocycles. The van der Waals surface area contributed by atoms with Gasteiger partial charge in [-0.3, -0.25) is 9.88 Å². The summed E-state index contributed by atoms with van der Waals surface area (Å²) in [6, 6.07) is 12.9.